The Morgan fingerprint density at radius 3 is 2.64 bits per heavy atom. The first-order valence-electron chi connectivity index (χ1n) is 8.89. The number of morpholine rings is 1. The Morgan fingerprint density at radius 1 is 1.18 bits per heavy atom. The van der Waals surface area contributed by atoms with E-state index in [0.717, 1.165) is 33.5 Å². The largest absolute Gasteiger partial charge is 0.488 e. The summed E-state index contributed by atoms with van der Waals surface area (Å²) in [4.78, 5) is 14.0. The van der Waals surface area contributed by atoms with Crippen LogP contribution < -0.4 is 10.2 Å². The van der Waals surface area contributed by atoms with Gasteiger partial charge < -0.3 is 9.47 Å². The van der Waals surface area contributed by atoms with Gasteiger partial charge in [0.25, 0.3) is 5.91 Å². The van der Waals surface area contributed by atoms with Gasteiger partial charge in [0, 0.05) is 16.7 Å². The summed E-state index contributed by atoms with van der Waals surface area (Å²) in [5, 5.41) is 4.05. The molecular formula is C20H21I2N3O3. The Kier molecular flexibility index (Phi) is 8.49. The predicted octanol–water partition coefficient (Wildman–Crippen LogP) is 3.26. The van der Waals surface area contributed by atoms with Crippen LogP contribution in [0, 0.1) is 7.14 Å². The van der Waals surface area contributed by atoms with E-state index < -0.39 is 0 Å². The molecule has 0 unspecified atom stereocenters. The molecule has 0 saturated carbocycles. The SMILES string of the molecule is O=C(CN1CCOCC1)N/N=C/c1ccc(OCc2ccc(I)cc2)c(I)c1. The van der Waals surface area contributed by atoms with Gasteiger partial charge in [-0.15, -0.1) is 0 Å². The molecule has 2 aromatic rings. The first kappa shape index (κ1) is 21.5. The third-order valence-corrected chi connectivity index (χ3v) is 5.70. The second-order valence-electron chi connectivity index (χ2n) is 6.29. The number of halogens is 2. The monoisotopic (exact) mass is 605 g/mol. The first-order valence-corrected chi connectivity index (χ1v) is 11.0. The first-order chi connectivity index (χ1) is 13.6. The lowest BCUT2D eigenvalue weighted by Gasteiger charge is -2.25. The van der Waals surface area contributed by atoms with Gasteiger partial charge in [0.05, 0.1) is 29.5 Å². The minimum absolute atomic E-state index is 0.120. The number of hydrogen-bond donors (Lipinski definition) is 1. The molecule has 2 aromatic carbocycles. The summed E-state index contributed by atoms with van der Waals surface area (Å²) in [6.45, 7) is 3.76. The highest BCUT2D eigenvalue weighted by Crippen LogP contribution is 2.22. The number of hydrogen-bond acceptors (Lipinski definition) is 5. The predicted molar refractivity (Wildman–Crippen MR) is 126 cm³/mol. The van der Waals surface area contributed by atoms with Crippen molar-refractivity contribution >= 4 is 57.3 Å². The molecule has 1 aliphatic rings. The van der Waals surface area contributed by atoms with E-state index in [4.69, 9.17) is 9.47 Å². The van der Waals surface area contributed by atoms with Gasteiger partial charge >= 0.3 is 0 Å². The van der Waals surface area contributed by atoms with Crippen molar-refractivity contribution in [2.75, 3.05) is 32.8 Å². The normalized spacial score (nSPS) is 14.9. The molecule has 1 N–H and O–H groups in total. The number of carbonyl (C=O) groups is 1. The summed E-state index contributed by atoms with van der Waals surface area (Å²) in [5.41, 5.74) is 4.61. The molecule has 148 valence electrons. The van der Waals surface area contributed by atoms with E-state index in [2.05, 4.69) is 84.9 Å². The minimum Gasteiger partial charge on any atom is -0.488 e. The summed E-state index contributed by atoms with van der Waals surface area (Å²) < 4.78 is 13.4. The van der Waals surface area contributed by atoms with Crippen molar-refractivity contribution in [1.82, 2.24) is 10.3 Å². The van der Waals surface area contributed by atoms with Crippen LogP contribution in [0.5, 0.6) is 5.75 Å². The van der Waals surface area contributed by atoms with Crippen molar-refractivity contribution in [2.45, 2.75) is 6.61 Å². The molecule has 0 radical (unpaired) electrons. The topological polar surface area (TPSA) is 63.2 Å². The zero-order valence-corrected chi connectivity index (χ0v) is 19.6. The van der Waals surface area contributed by atoms with E-state index in [1.54, 1.807) is 6.21 Å². The van der Waals surface area contributed by atoms with Gasteiger partial charge in [-0.25, -0.2) is 5.43 Å². The Morgan fingerprint density at radius 2 is 1.93 bits per heavy atom. The minimum atomic E-state index is -0.120. The molecule has 0 aliphatic carbocycles. The van der Waals surface area contributed by atoms with Crippen LogP contribution in [-0.4, -0.2) is 49.9 Å². The summed E-state index contributed by atoms with van der Waals surface area (Å²) in [5.74, 6) is 0.706. The lowest BCUT2D eigenvalue weighted by atomic mass is 10.2. The lowest BCUT2D eigenvalue weighted by Crippen LogP contribution is -2.42. The van der Waals surface area contributed by atoms with Crippen LogP contribution in [-0.2, 0) is 16.1 Å². The highest BCUT2D eigenvalue weighted by atomic mass is 127. The van der Waals surface area contributed by atoms with Crippen molar-refractivity contribution in [3.05, 3.63) is 60.7 Å². The number of ether oxygens (including phenoxy) is 2. The maximum atomic E-state index is 11.9. The van der Waals surface area contributed by atoms with Crippen LogP contribution in [0.3, 0.4) is 0 Å². The number of amides is 1. The molecule has 6 nitrogen and oxygen atoms in total. The zero-order valence-electron chi connectivity index (χ0n) is 15.2. The van der Waals surface area contributed by atoms with Crippen LogP contribution in [0.1, 0.15) is 11.1 Å². The highest BCUT2D eigenvalue weighted by Gasteiger charge is 2.13. The van der Waals surface area contributed by atoms with Gasteiger partial charge in [-0.2, -0.15) is 5.10 Å². The van der Waals surface area contributed by atoms with Crippen LogP contribution in [0.15, 0.2) is 47.6 Å². The molecule has 1 fully saturated rings. The summed E-state index contributed by atoms with van der Waals surface area (Å²) in [6.07, 6.45) is 1.64. The quantitative estimate of drug-likeness (QED) is 0.299. The van der Waals surface area contributed by atoms with Crippen LogP contribution >= 0.6 is 45.2 Å². The second-order valence-corrected chi connectivity index (χ2v) is 8.69. The van der Waals surface area contributed by atoms with Crippen molar-refractivity contribution in [3.8, 4) is 5.75 Å². The van der Waals surface area contributed by atoms with Gasteiger partial charge in [-0.05, 0) is 86.6 Å². The van der Waals surface area contributed by atoms with E-state index in [-0.39, 0.29) is 5.91 Å². The van der Waals surface area contributed by atoms with Gasteiger partial charge in [0.15, 0.2) is 0 Å². The fourth-order valence-corrected chi connectivity index (χ4v) is 3.69. The van der Waals surface area contributed by atoms with E-state index in [1.807, 2.05) is 18.2 Å². The molecular weight excluding hydrogens is 584 g/mol. The lowest BCUT2D eigenvalue weighted by molar-refractivity contribution is -0.123. The fourth-order valence-electron chi connectivity index (χ4n) is 2.63. The number of hydrazone groups is 1. The average Bonchev–Trinajstić information content (AvgIpc) is 2.69. The maximum absolute atomic E-state index is 11.9. The standard InChI is InChI=1S/C20H21I2N3O3/c21-17-4-1-15(2-5-17)14-28-19-6-3-16(11-18(19)22)12-23-24-20(26)13-25-7-9-27-10-8-25/h1-6,11-12H,7-10,13-14H2,(H,24,26)/b23-12+. The van der Waals surface area contributed by atoms with Gasteiger partial charge in [0.2, 0.25) is 0 Å². The molecule has 0 aromatic heterocycles. The van der Waals surface area contributed by atoms with E-state index in [1.165, 1.54) is 3.57 Å². The van der Waals surface area contributed by atoms with Crippen LogP contribution in [0.25, 0.3) is 0 Å². The van der Waals surface area contributed by atoms with Crippen molar-refractivity contribution in [2.24, 2.45) is 5.10 Å². The van der Waals surface area contributed by atoms with Crippen molar-refractivity contribution < 1.29 is 14.3 Å². The maximum Gasteiger partial charge on any atom is 0.254 e. The van der Waals surface area contributed by atoms with Crippen molar-refractivity contribution in [3.63, 3.8) is 0 Å². The molecule has 1 aliphatic heterocycles. The van der Waals surface area contributed by atoms with E-state index in [9.17, 15) is 4.79 Å². The summed E-state index contributed by atoms with van der Waals surface area (Å²) in [7, 11) is 0. The molecule has 0 atom stereocenters. The van der Waals surface area contributed by atoms with Gasteiger partial charge in [0.1, 0.15) is 12.4 Å². The Labute approximate surface area is 191 Å². The smallest absolute Gasteiger partial charge is 0.254 e. The third kappa shape index (κ3) is 6.98. The Hall–Kier alpha value is -1.24. The number of nitrogens with zero attached hydrogens (tertiary/aromatic N) is 2. The molecule has 0 bridgehead atoms. The summed E-state index contributed by atoms with van der Waals surface area (Å²) >= 11 is 4.53. The number of carbonyl (C=O) groups excluding carboxylic acids is 1. The third-order valence-electron chi connectivity index (χ3n) is 4.14. The van der Waals surface area contributed by atoms with Gasteiger partial charge in [-0.1, -0.05) is 12.1 Å². The summed E-state index contributed by atoms with van der Waals surface area (Å²) in [6, 6.07) is 14.1. The second kappa shape index (κ2) is 11.1. The Bertz CT molecular complexity index is 822. The number of benzene rings is 2. The van der Waals surface area contributed by atoms with Gasteiger partial charge in [-0.3, -0.25) is 9.69 Å². The zero-order chi connectivity index (χ0) is 19.8. The molecule has 28 heavy (non-hydrogen) atoms. The highest BCUT2D eigenvalue weighted by molar-refractivity contribution is 14.1. The van der Waals surface area contributed by atoms with E-state index in [0.29, 0.717) is 26.4 Å². The Balaban J connectivity index is 1.48. The molecule has 1 amide bonds. The number of nitrogens with one attached hydrogen (secondary N) is 1. The molecule has 1 saturated heterocycles. The molecule has 1 heterocycles. The van der Waals surface area contributed by atoms with Crippen molar-refractivity contribution in [1.29, 1.82) is 0 Å². The molecule has 3 rings (SSSR count). The average molecular weight is 605 g/mol. The fraction of sp³-hybridized carbons (Fsp3) is 0.300. The van der Waals surface area contributed by atoms with Crippen LogP contribution in [0.2, 0.25) is 0 Å². The van der Waals surface area contributed by atoms with Crippen LogP contribution in [0.4, 0.5) is 0 Å². The molecule has 8 heteroatoms. The number of rotatable bonds is 7. The molecule has 0 spiro atoms. The van der Waals surface area contributed by atoms with E-state index >= 15 is 0 Å².